The molecule has 4 aliphatic rings. The zero-order valence-corrected chi connectivity index (χ0v) is 23.1. The number of aliphatic hydroxyl groups excluding tert-OH is 1. The summed E-state index contributed by atoms with van der Waals surface area (Å²) in [5, 5.41) is 14.4. The fraction of sp³-hybridized carbons (Fsp3) is 0.323. The van der Waals surface area contributed by atoms with Gasteiger partial charge in [0.25, 0.3) is 11.8 Å². The van der Waals surface area contributed by atoms with Crippen molar-refractivity contribution in [3.63, 3.8) is 0 Å². The van der Waals surface area contributed by atoms with Crippen molar-refractivity contribution in [1.82, 2.24) is 9.80 Å². The van der Waals surface area contributed by atoms with Crippen molar-refractivity contribution in [3.05, 3.63) is 87.1 Å². The van der Waals surface area contributed by atoms with Gasteiger partial charge in [0.15, 0.2) is 5.78 Å². The van der Waals surface area contributed by atoms with Gasteiger partial charge in [-0.2, -0.15) is 0 Å². The zero-order valence-electron chi connectivity index (χ0n) is 22.4. The standard InChI is InChI=1S/C31H29ClN4O5/c32-20-6-1-5-18(13-20)27(38)17-33-23-7-2-8-26(37)29(23)25-15-19-14-21-22(16-24(19)34-25)31(41)36(30(21)40)12-4-11-35-10-3-9-28(35)39/h1-2,5-7,13-14,16,27,34,38H,3-4,8-12,15,17H2/t27-/m1/s1. The van der Waals surface area contributed by atoms with Gasteiger partial charge in [0, 0.05) is 55.3 Å². The number of hydrogen-bond acceptors (Lipinski definition) is 7. The number of amides is 3. The maximum absolute atomic E-state index is 13.2. The Bertz CT molecular complexity index is 1530. The van der Waals surface area contributed by atoms with Crippen LogP contribution in [0.25, 0.3) is 0 Å². The molecule has 1 atom stereocenters. The average molecular weight is 573 g/mol. The molecule has 210 valence electrons. The maximum atomic E-state index is 13.2. The molecule has 1 saturated heterocycles. The van der Waals surface area contributed by atoms with E-state index in [4.69, 9.17) is 11.6 Å². The molecule has 41 heavy (non-hydrogen) atoms. The summed E-state index contributed by atoms with van der Waals surface area (Å²) in [6.07, 6.45) is 5.20. The van der Waals surface area contributed by atoms with E-state index in [1.54, 1.807) is 53.5 Å². The van der Waals surface area contributed by atoms with Crippen LogP contribution < -0.4 is 5.32 Å². The van der Waals surface area contributed by atoms with Crippen LogP contribution in [0.3, 0.4) is 0 Å². The summed E-state index contributed by atoms with van der Waals surface area (Å²) in [7, 11) is 0. The fourth-order valence-corrected chi connectivity index (χ4v) is 6.02. The van der Waals surface area contributed by atoms with Crippen LogP contribution in [0.5, 0.6) is 0 Å². The number of fused-ring (bicyclic) bond motifs is 2. The first-order valence-electron chi connectivity index (χ1n) is 13.8. The van der Waals surface area contributed by atoms with Crippen molar-refractivity contribution >= 4 is 46.5 Å². The molecule has 6 rings (SSSR count). The Balaban J connectivity index is 1.19. The second-order valence-corrected chi connectivity index (χ2v) is 11.1. The topological polar surface area (TPSA) is 119 Å². The average Bonchev–Trinajstić information content (AvgIpc) is 3.63. The smallest absolute Gasteiger partial charge is 0.261 e. The van der Waals surface area contributed by atoms with Gasteiger partial charge in [0.2, 0.25) is 5.91 Å². The highest BCUT2D eigenvalue weighted by Gasteiger charge is 2.38. The van der Waals surface area contributed by atoms with Crippen molar-refractivity contribution in [2.24, 2.45) is 4.99 Å². The highest BCUT2D eigenvalue weighted by Crippen LogP contribution is 2.36. The van der Waals surface area contributed by atoms with Crippen molar-refractivity contribution in [1.29, 1.82) is 0 Å². The summed E-state index contributed by atoms with van der Waals surface area (Å²) in [5.74, 6) is -0.661. The van der Waals surface area contributed by atoms with Crippen LogP contribution >= 0.6 is 11.6 Å². The summed E-state index contributed by atoms with van der Waals surface area (Å²) in [5.41, 5.74) is 4.38. The molecule has 0 aromatic heterocycles. The lowest BCUT2D eigenvalue weighted by Gasteiger charge is -2.18. The van der Waals surface area contributed by atoms with Crippen molar-refractivity contribution in [2.75, 3.05) is 31.5 Å². The van der Waals surface area contributed by atoms with E-state index in [-0.39, 0.29) is 43.0 Å². The molecule has 9 nitrogen and oxygen atoms in total. The summed E-state index contributed by atoms with van der Waals surface area (Å²) in [6.45, 7) is 1.56. The molecular formula is C31H29ClN4O5. The monoisotopic (exact) mass is 572 g/mol. The molecule has 1 aliphatic carbocycles. The molecule has 3 amide bonds. The lowest BCUT2D eigenvalue weighted by Crippen LogP contribution is -2.34. The largest absolute Gasteiger partial charge is 0.386 e. The first-order valence-corrected chi connectivity index (χ1v) is 14.2. The van der Waals surface area contributed by atoms with Gasteiger partial charge in [0.1, 0.15) is 0 Å². The molecule has 0 radical (unpaired) electrons. The maximum Gasteiger partial charge on any atom is 0.261 e. The Labute approximate surface area is 242 Å². The Morgan fingerprint density at radius 2 is 1.85 bits per heavy atom. The Hall–Kier alpha value is -4.08. The van der Waals surface area contributed by atoms with Crippen LogP contribution in [0.4, 0.5) is 5.69 Å². The third kappa shape index (κ3) is 5.23. The van der Waals surface area contributed by atoms with E-state index in [9.17, 15) is 24.3 Å². The number of nitrogens with zero attached hydrogens (tertiary/aromatic N) is 3. The van der Waals surface area contributed by atoms with Crippen LogP contribution in [0.15, 0.2) is 64.8 Å². The van der Waals surface area contributed by atoms with Crippen LogP contribution in [0.2, 0.25) is 5.02 Å². The summed E-state index contributed by atoms with van der Waals surface area (Å²) < 4.78 is 0. The van der Waals surface area contributed by atoms with Crippen molar-refractivity contribution < 1.29 is 24.3 Å². The quantitative estimate of drug-likeness (QED) is 0.384. The molecule has 3 aliphatic heterocycles. The van der Waals surface area contributed by atoms with Crippen molar-refractivity contribution in [3.8, 4) is 0 Å². The number of ketones is 1. The van der Waals surface area contributed by atoms with Gasteiger partial charge in [-0.1, -0.05) is 29.8 Å². The second kappa shape index (κ2) is 11.1. The molecule has 0 unspecified atom stereocenters. The molecular weight excluding hydrogens is 544 g/mol. The minimum Gasteiger partial charge on any atom is -0.386 e. The van der Waals surface area contributed by atoms with Gasteiger partial charge in [-0.05, 0) is 54.3 Å². The van der Waals surface area contributed by atoms with E-state index in [0.29, 0.717) is 70.2 Å². The molecule has 2 N–H and O–H groups in total. The van der Waals surface area contributed by atoms with E-state index in [1.807, 2.05) is 0 Å². The number of aliphatic hydroxyl groups is 1. The number of nitrogens with one attached hydrogen (secondary N) is 1. The van der Waals surface area contributed by atoms with Gasteiger partial charge in [-0.15, -0.1) is 0 Å². The normalized spacial score (nSPS) is 21.7. The molecule has 2 aromatic rings. The molecule has 1 fully saturated rings. The van der Waals surface area contributed by atoms with Crippen LogP contribution in [-0.4, -0.2) is 70.3 Å². The van der Waals surface area contributed by atoms with Gasteiger partial charge in [0.05, 0.1) is 35.1 Å². The Morgan fingerprint density at radius 1 is 1.05 bits per heavy atom. The molecule has 0 bridgehead atoms. The highest BCUT2D eigenvalue weighted by atomic mass is 35.5. The minimum absolute atomic E-state index is 0.0517. The van der Waals surface area contributed by atoms with Crippen molar-refractivity contribution in [2.45, 2.75) is 38.2 Å². The summed E-state index contributed by atoms with van der Waals surface area (Å²) in [6, 6.07) is 10.4. The zero-order chi connectivity index (χ0) is 28.7. The number of imide groups is 1. The second-order valence-electron chi connectivity index (χ2n) is 10.6. The predicted octanol–water partition coefficient (Wildman–Crippen LogP) is 3.87. The first kappa shape index (κ1) is 27.1. The highest BCUT2D eigenvalue weighted by molar-refractivity contribution is 6.30. The molecule has 0 saturated carbocycles. The number of halogens is 1. The fourth-order valence-electron chi connectivity index (χ4n) is 5.82. The van der Waals surface area contributed by atoms with E-state index < -0.39 is 6.10 Å². The number of likely N-dealkylation sites (tertiary alicyclic amines) is 1. The summed E-state index contributed by atoms with van der Waals surface area (Å²) in [4.78, 5) is 58.8. The number of allylic oxidation sites excluding steroid dienone is 4. The van der Waals surface area contributed by atoms with Gasteiger partial charge >= 0.3 is 0 Å². The molecule has 3 heterocycles. The third-order valence-electron chi connectivity index (χ3n) is 7.91. The molecule has 0 spiro atoms. The number of rotatable bonds is 7. The van der Waals surface area contributed by atoms with Crippen LogP contribution in [0.1, 0.15) is 63.6 Å². The SMILES string of the molecule is O=C1CC=CC(=NC[C@@H](O)c2cccc(Cl)c2)C1=C1Cc2cc3c(cc2N1)C(=O)N(CCCN1CCCC1=O)C3=O. The third-order valence-corrected chi connectivity index (χ3v) is 8.15. The Kier molecular flexibility index (Phi) is 7.32. The van der Waals surface area contributed by atoms with E-state index in [2.05, 4.69) is 10.3 Å². The summed E-state index contributed by atoms with van der Waals surface area (Å²) >= 11 is 6.05. The van der Waals surface area contributed by atoms with Gasteiger partial charge < -0.3 is 15.3 Å². The number of Topliss-reactive ketones (excluding diaryl/α,β-unsaturated/α-hetero) is 1. The molecule has 10 heteroatoms. The predicted molar refractivity (Wildman–Crippen MR) is 154 cm³/mol. The number of benzene rings is 2. The number of anilines is 1. The van der Waals surface area contributed by atoms with Gasteiger partial charge in [-0.3, -0.25) is 29.1 Å². The number of carbonyl (C=O) groups excluding carboxylic acids is 4. The minimum atomic E-state index is -0.884. The van der Waals surface area contributed by atoms with Gasteiger partial charge in [-0.25, -0.2) is 0 Å². The lowest BCUT2D eigenvalue weighted by molar-refractivity contribution is -0.127. The first-order chi connectivity index (χ1) is 19.8. The number of hydrogen-bond donors (Lipinski definition) is 2. The van der Waals surface area contributed by atoms with Crippen LogP contribution in [-0.2, 0) is 16.0 Å². The van der Waals surface area contributed by atoms with E-state index >= 15 is 0 Å². The molecule has 2 aromatic carbocycles. The van der Waals surface area contributed by atoms with Crippen LogP contribution in [0, 0.1) is 0 Å². The van der Waals surface area contributed by atoms with E-state index in [1.165, 1.54) is 4.90 Å². The van der Waals surface area contributed by atoms with E-state index in [0.717, 1.165) is 18.5 Å². The lowest BCUT2D eigenvalue weighted by atomic mass is 9.93. The number of aliphatic imine (C=N–C) groups is 1. The number of carbonyl (C=O) groups is 4. The Morgan fingerprint density at radius 3 is 2.61 bits per heavy atom.